The highest BCUT2D eigenvalue weighted by Gasteiger charge is 2.44. The van der Waals surface area contributed by atoms with Crippen LogP contribution in [0.3, 0.4) is 0 Å². The van der Waals surface area contributed by atoms with Gasteiger partial charge in [0, 0.05) is 6.54 Å². The Morgan fingerprint density at radius 2 is 2.28 bits per heavy atom. The summed E-state index contributed by atoms with van der Waals surface area (Å²) < 4.78 is 0. The molecule has 1 rings (SSSR count). The predicted molar refractivity (Wildman–Crippen MR) is 64.7 cm³/mol. The Morgan fingerprint density at radius 3 is 2.83 bits per heavy atom. The molecule has 1 atom stereocenters. The summed E-state index contributed by atoms with van der Waals surface area (Å²) >= 11 is 0. The molecule has 6 heteroatoms. The summed E-state index contributed by atoms with van der Waals surface area (Å²) in [5, 5.41) is 20.1. The first-order chi connectivity index (χ1) is 8.54. The van der Waals surface area contributed by atoms with E-state index in [1.165, 1.54) is 0 Å². The second-order valence-electron chi connectivity index (χ2n) is 4.73. The third-order valence-electron chi connectivity index (χ3n) is 3.35. The van der Waals surface area contributed by atoms with Gasteiger partial charge in [-0.3, -0.25) is 14.5 Å². The van der Waals surface area contributed by atoms with Gasteiger partial charge in [0.15, 0.2) is 0 Å². The van der Waals surface area contributed by atoms with Crippen LogP contribution in [0.5, 0.6) is 0 Å². The summed E-state index contributed by atoms with van der Waals surface area (Å²) in [6, 6.07) is 1.83. The second-order valence-corrected chi connectivity index (χ2v) is 4.73. The second kappa shape index (κ2) is 6.36. The number of amides is 1. The van der Waals surface area contributed by atoms with E-state index >= 15 is 0 Å². The van der Waals surface area contributed by atoms with Gasteiger partial charge in [0.25, 0.3) is 0 Å². The molecule has 0 aromatic carbocycles. The third kappa shape index (κ3) is 3.44. The number of aliphatic carboxylic acids is 1. The van der Waals surface area contributed by atoms with Gasteiger partial charge in [0.1, 0.15) is 6.54 Å². The molecule has 0 aliphatic carbocycles. The number of carboxylic acid groups (broad SMARTS) is 1. The van der Waals surface area contributed by atoms with Crippen molar-refractivity contribution in [3.05, 3.63) is 0 Å². The molecule has 18 heavy (non-hydrogen) atoms. The number of likely N-dealkylation sites (tertiary alicyclic amines) is 1. The van der Waals surface area contributed by atoms with Crippen LogP contribution in [0.4, 0.5) is 0 Å². The van der Waals surface area contributed by atoms with Gasteiger partial charge < -0.3 is 10.4 Å². The number of carbonyl (C=O) groups is 2. The zero-order chi connectivity index (χ0) is 13.6. The quantitative estimate of drug-likeness (QED) is 0.660. The molecule has 0 aromatic heterocycles. The lowest BCUT2D eigenvalue weighted by Gasteiger charge is -2.24. The van der Waals surface area contributed by atoms with Gasteiger partial charge in [0.2, 0.25) is 5.91 Å². The number of rotatable bonds is 6. The maximum absolute atomic E-state index is 11.4. The number of carboxylic acids is 1. The van der Waals surface area contributed by atoms with Crippen LogP contribution in [-0.2, 0) is 9.59 Å². The summed E-state index contributed by atoms with van der Waals surface area (Å²) in [7, 11) is 0. The number of hydrogen-bond donors (Lipinski definition) is 2. The monoisotopic (exact) mass is 253 g/mol. The Bertz CT molecular complexity index is 364. The first kappa shape index (κ1) is 14.5. The van der Waals surface area contributed by atoms with E-state index in [4.69, 9.17) is 5.26 Å². The van der Waals surface area contributed by atoms with Crippen molar-refractivity contribution in [2.45, 2.75) is 26.2 Å². The van der Waals surface area contributed by atoms with Gasteiger partial charge in [-0.15, -0.1) is 0 Å². The number of nitrogens with one attached hydrogen (secondary N) is 1. The number of carbonyl (C=O) groups excluding carboxylic acids is 1. The van der Waals surface area contributed by atoms with E-state index < -0.39 is 11.4 Å². The summed E-state index contributed by atoms with van der Waals surface area (Å²) in [6.07, 6.45) is 2.04. The first-order valence-electron chi connectivity index (χ1n) is 6.13. The highest BCUT2D eigenvalue weighted by Crippen LogP contribution is 2.35. The fourth-order valence-electron chi connectivity index (χ4n) is 2.45. The average Bonchev–Trinajstić information content (AvgIpc) is 2.71. The minimum Gasteiger partial charge on any atom is -0.481 e. The predicted octanol–water partition coefficient (Wildman–Crippen LogP) is 0.203. The normalized spacial score (nSPS) is 23.6. The van der Waals surface area contributed by atoms with Crippen molar-refractivity contribution in [3.63, 3.8) is 0 Å². The lowest BCUT2D eigenvalue weighted by atomic mass is 9.83. The zero-order valence-corrected chi connectivity index (χ0v) is 10.6. The van der Waals surface area contributed by atoms with Crippen LogP contribution in [0.15, 0.2) is 0 Å². The van der Waals surface area contributed by atoms with Gasteiger partial charge in [0.05, 0.1) is 18.0 Å². The molecule has 0 aromatic rings. The van der Waals surface area contributed by atoms with Crippen LogP contribution in [-0.4, -0.2) is 48.1 Å². The molecule has 1 aliphatic heterocycles. The Hall–Kier alpha value is -1.61. The van der Waals surface area contributed by atoms with Crippen LogP contribution in [0.25, 0.3) is 0 Å². The van der Waals surface area contributed by atoms with E-state index in [0.717, 1.165) is 6.42 Å². The lowest BCUT2D eigenvalue weighted by Crippen LogP contribution is -2.39. The number of nitriles is 1. The molecule has 1 amide bonds. The molecule has 1 heterocycles. The average molecular weight is 253 g/mol. The van der Waals surface area contributed by atoms with Crippen molar-refractivity contribution in [1.82, 2.24) is 10.2 Å². The molecular weight excluding hydrogens is 234 g/mol. The summed E-state index contributed by atoms with van der Waals surface area (Å²) in [5.74, 6) is -1.00. The minimum atomic E-state index is -0.774. The highest BCUT2D eigenvalue weighted by atomic mass is 16.4. The molecule has 6 nitrogen and oxygen atoms in total. The smallest absolute Gasteiger partial charge is 0.310 e. The summed E-state index contributed by atoms with van der Waals surface area (Å²) in [6.45, 7) is 3.15. The topological polar surface area (TPSA) is 93.4 Å². The van der Waals surface area contributed by atoms with Crippen LogP contribution in [0.2, 0.25) is 0 Å². The highest BCUT2D eigenvalue weighted by molar-refractivity contribution is 5.79. The van der Waals surface area contributed by atoms with E-state index in [-0.39, 0.29) is 19.0 Å². The SMILES string of the molecule is CCCC1(C(=O)O)CCN(CC(=O)NCC#N)C1. The Labute approximate surface area is 107 Å². The van der Waals surface area contributed by atoms with Crippen molar-refractivity contribution in [2.75, 3.05) is 26.2 Å². The van der Waals surface area contributed by atoms with Crippen LogP contribution < -0.4 is 5.32 Å². The van der Waals surface area contributed by atoms with E-state index in [1.54, 1.807) is 0 Å². The van der Waals surface area contributed by atoms with E-state index in [1.807, 2.05) is 17.9 Å². The maximum Gasteiger partial charge on any atom is 0.310 e. The Kier molecular flexibility index (Phi) is 5.10. The molecule has 0 bridgehead atoms. The van der Waals surface area contributed by atoms with Gasteiger partial charge in [-0.2, -0.15) is 5.26 Å². The van der Waals surface area contributed by atoms with Gasteiger partial charge in [-0.1, -0.05) is 13.3 Å². The van der Waals surface area contributed by atoms with Crippen molar-refractivity contribution in [1.29, 1.82) is 5.26 Å². The standard InChI is InChI=1S/C12H19N3O3/c1-2-3-12(11(17)18)4-7-15(9-12)8-10(16)14-6-5-13/h2-4,6-9H2,1H3,(H,14,16)(H,17,18). The largest absolute Gasteiger partial charge is 0.481 e. The molecule has 2 N–H and O–H groups in total. The molecule has 100 valence electrons. The van der Waals surface area contributed by atoms with Gasteiger partial charge >= 0.3 is 5.97 Å². The van der Waals surface area contributed by atoms with Crippen LogP contribution in [0, 0.1) is 16.7 Å². The molecule has 0 radical (unpaired) electrons. The Morgan fingerprint density at radius 1 is 1.56 bits per heavy atom. The van der Waals surface area contributed by atoms with Gasteiger partial charge in [-0.05, 0) is 19.4 Å². The fourth-order valence-corrected chi connectivity index (χ4v) is 2.45. The van der Waals surface area contributed by atoms with Crippen molar-refractivity contribution in [2.24, 2.45) is 5.41 Å². The fraction of sp³-hybridized carbons (Fsp3) is 0.750. The van der Waals surface area contributed by atoms with E-state index in [2.05, 4.69) is 5.32 Å². The summed E-state index contributed by atoms with van der Waals surface area (Å²) in [4.78, 5) is 24.6. The van der Waals surface area contributed by atoms with Crippen molar-refractivity contribution in [3.8, 4) is 6.07 Å². The van der Waals surface area contributed by atoms with Crippen LogP contribution >= 0.6 is 0 Å². The molecule has 1 saturated heterocycles. The molecule has 0 spiro atoms. The van der Waals surface area contributed by atoms with Gasteiger partial charge in [-0.25, -0.2) is 0 Å². The number of nitrogens with zero attached hydrogens (tertiary/aromatic N) is 2. The van der Waals surface area contributed by atoms with E-state index in [0.29, 0.717) is 25.9 Å². The first-order valence-corrected chi connectivity index (χ1v) is 6.13. The zero-order valence-electron chi connectivity index (χ0n) is 10.6. The molecule has 1 fully saturated rings. The Balaban J connectivity index is 2.51. The third-order valence-corrected chi connectivity index (χ3v) is 3.35. The van der Waals surface area contributed by atoms with Crippen LogP contribution in [0.1, 0.15) is 26.2 Å². The summed E-state index contributed by atoms with van der Waals surface area (Å²) in [5.41, 5.74) is -0.704. The van der Waals surface area contributed by atoms with E-state index in [9.17, 15) is 14.7 Å². The van der Waals surface area contributed by atoms with Crippen molar-refractivity contribution < 1.29 is 14.7 Å². The maximum atomic E-state index is 11.4. The number of hydrogen-bond acceptors (Lipinski definition) is 4. The minimum absolute atomic E-state index is 0.00823. The molecular formula is C12H19N3O3. The lowest BCUT2D eigenvalue weighted by molar-refractivity contribution is -0.148. The van der Waals surface area contributed by atoms with Crippen molar-refractivity contribution >= 4 is 11.9 Å². The molecule has 1 unspecified atom stereocenters. The molecule has 1 aliphatic rings. The molecule has 0 saturated carbocycles.